The molecule has 1 spiro atoms. The summed E-state index contributed by atoms with van der Waals surface area (Å²) in [4.78, 5) is 16.9. The molecule has 1 N–H and O–H groups in total. The monoisotopic (exact) mass is 438 g/mol. The molecule has 2 atom stereocenters. The maximum atomic E-state index is 13.8. The van der Waals surface area contributed by atoms with Gasteiger partial charge in [-0.2, -0.15) is 0 Å². The summed E-state index contributed by atoms with van der Waals surface area (Å²) in [5, 5.41) is 9.97. The SMILES string of the molecule is C[C@H]1C[C@@]2(CCC(=O)N2c2cccc(F)c2)CCN1Cc1ccc(O)c(Cl)c1.Cl. The lowest BCUT2D eigenvalue weighted by atomic mass is 9.81. The second-order valence-electron chi connectivity index (χ2n) is 7.99. The molecule has 2 aliphatic rings. The molecule has 1 amide bonds. The Morgan fingerprint density at radius 2 is 2.03 bits per heavy atom. The van der Waals surface area contributed by atoms with E-state index in [2.05, 4.69) is 11.8 Å². The van der Waals surface area contributed by atoms with Crippen molar-refractivity contribution in [2.75, 3.05) is 11.4 Å². The van der Waals surface area contributed by atoms with Crippen molar-refractivity contribution < 1.29 is 14.3 Å². The van der Waals surface area contributed by atoms with Gasteiger partial charge in [0.25, 0.3) is 0 Å². The number of halogens is 3. The van der Waals surface area contributed by atoms with Crippen LogP contribution in [-0.2, 0) is 11.3 Å². The van der Waals surface area contributed by atoms with Crippen molar-refractivity contribution in [2.24, 2.45) is 0 Å². The number of aromatic hydroxyl groups is 1. The highest BCUT2D eigenvalue weighted by Crippen LogP contribution is 2.44. The molecule has 2 aliphatic heterocycles. The number of hydrogen-bond donors (Lipinski definition) is 1. The van der Waals surface area contributed by atoms with Gasteiger partial charge >= 0.3 is 0 Å². The third-order valence-corrected chi connectivity index (χ3v) is 6.46. The van der Waals surface area contributed by atoms with Gasteiger partial charge < -0.3 is 10.0 Å². The van der Waals surface area contributed by atoms with Crippen molar-refractivity contribution >= 4 is 35.6 Å². The molecule has 2 heterocycles. The number of piperidine rings is 1. The summed E-state index contributed by atoms with van der Waals surface area (Å²) in [5.41, 5.74) is 1.47. The standard InChI is InChI=1S/C22H24ClFN2O2.ClH/c1-15-13-22(8-7-21(28)26(22)18-4-2-3-17(24)12-18)9-10-25(15)14-16-5-6-20(27)19(23)11-16;/h2-6,11-12,15,27H,7-10,13-14H2,1H3;1H/t15-,22+;/m0./s1. The van der Waals surface area contributed by atoms with Crippen LogP contribution in [0.2, 0.25) is 5.02 Å². The Morgan fingerprint density at radius 1 is 1.24 bits per heavy atom. The Kier molecular flexibility index (Phi) is 6.42. The average Bonchev–Trinajstić information content (AvgIpc) is 2.96. The van der Waals surface area contributed by atoms with E-state index in [4.69, 9.17) is 11.6 Å². The zero-order valence-corrected chi connectivity index (χ0v) is 17.8. The number of anilines is 1. The van der Waals surface area contributed by atoms with Crippen LogP contribution in [0.5, 0.6) is 5.75 Å². The van der Waals surface area contributed by atoms with Crippen LogP contribution in [0.15, 0.2) is 42.5 Å². The number of hydrogen-bond acceptors (Lipinski definition) is 3. The lowest BCUT2D eigenvalue weighted by molar-refractivity contribution is -0.117. The van der Waals surface area contributed by atoms with Gasteiger partial charge in [0.1, 0.15) is 11.6 Å². The number of rotatable bonds is 3. The van der Waals surface area contributed by atoms with Crippen molar-refractivity contribution in [2.45, 2.75) is 50.7 Å². The van der Waals surface area contributed by atoms with E-state index in [1.807, 2.05) is 17.0 Å². The maximum absolute atomic E-state index is 13.8. The Hall–Kier alpha value is -1.82. The van der Waals surface area contributed by atoms with E-state index in [-0.39, 0.29) is 41.5 Å². The van der Waals surface area contributed by atoms with Gasteiger partial charge in [-0.3, -0.25) is 9.69 Å². The van der Waals surface area contributed by atoms with Crippen molar-refractivity contribution in [3.8, 4) is 5.75 Å². The maximum Gasteiger partial charge on any atom is 0.227 e. The predicted octanol–water partition coefficient (Wildman–Crippen LogP) is 5.16. The highest BCUT2D eigenvalue weighted by Gasteiger charge is 2.49. The number of carbonyl (C=O) groups is 1. The Labute approximate surface area is 181 Å². The van der Waals surface area contributed by atoms with Gasteiger partial charge in [0.2, 0.25) is 5.91 Å². The number of benzene rings is 2. The Morgan fingerprint density at radius 3 is 2.72 bits per heavy atom. The van der Waals surface area contributed by atoms with E-state index in [1.165, 1.54) is 12.1 Å². The number of likely N-dealkylation sites (tertiary alicyclic amines) is 1. The van der Waals surface area contributed by atoms with Gasteiger partial charge in [-0.1, -0.05) is 23.7 Å². The topological polar surface area (TPSA) is 43.8 Å². The Bertz CT molecular complexity index is 910. The van der Waals surface area contributed by atoms with Crippen LogP contribution in [0.3, 0.4) is 0 Å². The normalized spacial score (nSPS) is 24.7. The minimum absolute atomic E-state index is 0. The molecule has 2 saturated heterocycles. The zero-order chi connectivity index (χ0) is 19.9. The molecule has 2 fully saturated rings. The Balaban J connectivity index is 0.00000240. The second-order valence-corrected chi connectivity index (χ2v) is 8.40. The quantitative estimate of drug-likeness (QED) is 0.719. The largest absolute Gasteiger partial charge is 0.506 e. The summed E-state index contributed by atoms with van der Waals surface area (Å²) in [6, 6.07) is 11.9. The number of carbonyl (C=O) groups excluding carboxylic acids is 1. The van der Waals surface area contributed by atoms with Crippen LogP contribution in [0.25, 0.3) is 0 Å². The van der Waals surface area contributed by atoms with E-state index in [1.54, 1.807) is 18.2 Å². The second kappa shape index (κ2) is 8.50. The summed E-state index contributed by atoms with van der Waals surface area (Å²) in [5.74, 6) is -0.148. The molecule has 2 aromatic carbocycles. The fraction of sp³-hybridized carbons (Fsp3) is 0.409. The molecule has 7 heteroatoms. The summed E-state index contributed by atoms with van der Waals surface area (Å²) >= 11 is 6.04. The summed E-state index contributed by atoms with van der Waals surface area (Å²) < 4.78 is 13.8. The molecule has 0 aromatic heterocycles. The third-order valence-electron chi connectivity index (χ3n) is 6.16. The molecular formula is C22H25Cl2FN2O2. The van der Waals surface area contributed by atoms with Crippen LogP contribution >= 0.6 is 24.0 Å². The highest BCUT2D eigenvalue weighted by atomic mass is 35.5. The van der Waals surface area contributed by atoms with E-state index >= 15 is 0 Å². The molecular weight excluding hydrogens is 414 g/mol. The molecule has 2 aromatic rings. The molecule has 0 radical (unpaired) electrons. The first-order valence-electron chi connectivity index (χ1n) is 9.68. The molecule has 0 aliphatic carbocycles. The first-order valence-corrected chi connectivity index (χ1v) is 10.1. The fourth-order valence-electron chi connectivity index (χ4n) is 4.76. The van der Waals surface area contributed by atoms with Gasteiger partial charge in [-0.25, -0.2) is 4.39 Å². The molecule has 0 unspecified atom stereocenters. The zero-order valence-electron chi connectivity index (χ0n) is 16.3. The average molecular weight is 439 g/mol. The predicted molar refractivity (Wildman–Crippen MR) is 115 cm³/mol. The molecule has 0 saturated carbocycles. The number of amides is 1. The lowest BCUT2D eigenvalue weighted by Gasteiger charge is -2.48. The van der Waals surface area contributed by atoms with Crippen LogP contribution in [0.1, 0.15) is 38.2 Å². The van der Waals surface area contributed by atoms with Gasteiger partial charge in [0.15, 0.2) is 0 Å². The smallest absolute Gasteiger partial charge is 0.227 e. The summed E-state index contributed by atoms with van der Waals surface area (Å²) in [7, 11) is 0. The van der Waals surface area contributed by atoms with Crippen molar-refractivity contribution in [3.63, 3.8) is 0 Å². The van der Waals surface area contributed by atoms with Crippen LogP contribution in [0.4, 0.5) is 10.1 Å². The molecule has 0 bridgehead atoms. The molecule has 156 valence electrons. The molecule has 4 rings (SSSR count). The minimum atomic E-state index is -0.318. The fourth-order valence-corrected chi connectivity index (χ4v) is 4.97. The van der Waals surface area contributed by atoms with Gasteiger partial charge in [-0.15, -0.1) is 12.4 Å². The van der Waals surface area contributed by atoms with Gasteiger partial charge in [0.05, 0.1) is 10.6 Å². The van der Waals surface area contributed by atoms with Crippen molar-refractivity contribution in [1.82, 2.24) is 4.90 Å². The number of phenolic OH excluding ortho intramolecular Hbond substituents is 1. The number of phenols is 1. The van der Waals surface area contributed by atoms with Gasteiger partial charge in [-0.05, 0) is 62.1 Å². The van der Waals surface area contributed by atoms with Crippen LogP contribution < -0.4 is 4.90 Å². The van der Waals surface area contributed by atoms with Gasteiger partial charge in [0, 0.05) is 31.2 Å². The highest BCUT2D eigenvalue weighted by molar-refractivity contribution is 6.32. The minimum Gasteiger partial charge on any atom is -0.506 e. The van der Waals surface area contributed by atoms with E-state index in [0.717, 1.165) is 37.9 Å². The third kappa shape index (κ3) is 4.23. The van der Waals surface area contributed by atoms with E-state index in [0.29, 0.717) is 17.1 Å². The van der Waals surface area contributed by atoms with E-state index < -0.39 is 0 Å². The van der Waals surface area contributed by atoms with Crippen molar-refractivity contribution in [3.05, 3.63) is 58.9 Å². The summed E-state index contributed by atoms with van der Waals surface area (Å²) in [6.45, 7) is 3.76. The summed E-state index contributed by atoms with van der Waals surface area (Å²) in [6.07, 6.45) is 3.02. The first kappa shape index (κ1) is 21.9. The first-order chi connectivity index (χ1) is 13.4. The molecule has 29 heavy (non-hydrogen) atoms. The molecule has 4 nitrogen and oxygen atoms in total. The van der Waals surface area contributed by atoms with E-state index in [9.17, 15) is 14.3 Å². The van der Waals surface area contributed by atoms with Crippen molar-refractivity contribution in [1.29, 1.82) is 0 Å². The lowest BCUT2D eigenvalue weighted by Crippen LogP contribution is -2.56. The van der Waals surface area contributed by atoms with Crippen LogP contribution in [-0.4, -0.2) is 34.0 Å². The van der Waals surface area contributed by atoms with Crippen LogP contribution in [0, 0.1) is 5.82 Å². The number of nitrogens with zero attached hydrogens (tertiary/aromatic N) is 2.